The van der Waals surface area contributed by atoms with Crippen molar-refractivity contribution >= 4 is 0 Å². The van der Waals surface area contributed by atoms with Crippen LogP contribution in [0, 0.1) is 17.0 Å². The molecular weight excluding hydrogens is 204 g/mol. The molecule has 1 fully saturated rings. The van der Waals surface area contributed by atoms with Gasteiger partial charge in [0.2, 0.25) is 6.04 Å². The maximum Gasteiger partial charge on any atom is 0.233 e. The maximum absolute atomic E-state index is 11.0. The molecule has 0 unspecified atom stereocenters. The number of nitrogens with zero attached hydrogens (tertiary/aromatic N) is 2. The van der Waals surface area contributed by atoms with E-state index in [1.165, 1.54) is 0 Å². The van der Waals surface area contributed by atoms with Gasteiger partial charge in [-0.05, 0) is 25.1 Å². The number of aryl methyl sites for hydroxylation is 1. The molecule has 86 valence electrons. The van der Waals surface area contributed by atoms with Crippen LogP contribution in [0.4, 0.5) is 0 Å². The highest BCUT2D eigenvalue weighted by Gasteiger charge is 2.40. The van der Waals surface area contributed by atoms with E-state index in [4.69, 9.17) is 0 Å². The highest BCUT2D eigenvalue weighted by molar-refractivity contribution is 5.31. The Hall–Kier alpha value is -1.42. The fraction of sp³-hybridized carbons (Fsp3) is 0.500. The first-order chi connectivity index (χ1) is 7.59. The van der Waals surface area contributed by atoms with Crippen molar-refractivity contribution in [2.24, 2.45) is 0 Å². The molecule has 0 amide bonds. The van der Waals surface area contributed by atoms with Crippen molar-refractivity contribution in [3.05, 3.63) is 45.5 Å². The van der Waals surface area contributed by atoms with Crippen molar-refractivity contribution < 1.29 is 4.92 Å². The van der Waals surface area contributed by atoms with Gasteiger partial charge in [0.1, 0.15) is 0 Å². The van der Waals surface area contributed by atoms with Gasteiger partial charge in [-0.1, -0.05) is 24.3 Å². The van der Waals surface area contributed by atoms with Gasteiger partial charge in [-0.2, -0.15) is 0 Å². The smallest absolute Gasteiger partial charge is 0.233 e. The van der Waals surface area contributed by atoms with Crippen LogP contribution >= 0.6 is 0 Å². The van der Waals surface area contributed by atoms with Crippen LogP contribution in [-0.2, 0) is 0 Å². The van der Waals surface area contributed by atoms with Crippen LogP contribution < -0.4 is 0 Å². The summed E-state index contributed by atoms with van der Waals surface area (Å²) >= 11 is 0. The summed E-state index contributed by atoms with van der Waals surface area (Å²) in [6, 6.07) is 7.49. The second kappa shape index (κ2) is 4.22. The van der Waals surface area contributed by atoms with Crippen LogP contribution in [-0.4, -0.2) is 36.0 Å². The second-order valence-electron chi connectivity index (χ2n) is 4.54. The Kier molecular flexibility index (Phi) is 2.92. The first-order valence-electron chi connectivity index (χ1n) is 5.47. The minimum Gasteiger partial charge on any atom is -0.299 e. The Morgan fingerprint density at radius 2 is 2.06 bits per heavy atom. The molecule has 1 aromatic rings. The molecule has 0 bridgehead atoms. The number of rotatable bonds is 2. The first kappa shape index (κ1) is 11.1. The average Bonchev–Trinajstić information content (AvgIpc) is 2.61. The molecule has 1 aromatic carbocycles. The van der Waals surface area contributed by atoms with Gasteiger partial charge in [0.25, 0.3) is 0 Å². The van der Waals surface area contributed by atoms with E-state index < -0.39 is 6.04 Å². The molecule has 1 aliphatic heterocycles. The third kappa shape index (κ3) is 1.93. The number of likely N-dealkylation sites (tertiary alicyclic amines) is 1. The van der Waals surface area contributed by atoms with E-state index in [1.54, 1.807) is 0 Å². The van der Waals surface area contributed by atoms with Crippen molar-refractivity contribution in [3.8, 4) is 0 Å². The lowest BCUT2D eigenvalue weighted by Gasteiger charge is -2.14. The molecule has 2 rings (SSSR count). The molecule has 16 heavy (non-hydrogen) atoms. The van der Waals surface area contributed by atoms with E-state index >= 15 is 0 Å². The largest absolute Gasteiger partial charge is 0.299 e. The number of hydrogen-bond acceptors (Lipinski definition) is 3. The minimum absolute atomic E-state index is 0.0289. The van der Waals surface area contributed by atoms with Gasteiger partial charge in [0.15, 0.2) is 0 Å². The van der Waals surface area contributed by atoms with Gasteiger partial charge in [-0.15, -0.1) is 0 Å². The molecule has 0 saturated carbocycles. The molecule has 1 saturated heterocycles. The fourth-order valence-electron chi connectivity index (χ4n) is 2.50. The standard InChI is InChI=1S/C12H16N2O2/c1-9-5-3-4-6-10(9)11-7-13(2)8-12(11)14(15)16/h3-6,11-12H,7-8H2,1-2H3/t11-,12+/m1/s1. The van der Waals surface area contributed by atoms with Crippen LogP contribution in [0.5, 0.6) is 0 Å². The normalized spacial score (nSPS) is 25.9. The number of nitro groups is 1. The summed E-state index contributed by atoms with van der Waals surface area (Å²) in [6.45, 7) is 3.34. The van der Waals surface area contributed by atoms with Gasteiger partial charge in [0.05, 0.1) is 12.5 Å². The monoisotopic (exact) mass is 220 g/mol. The van der Waals surface area contributed by atoms with Crippen LogP contribution in [0.25, 0.3) is 0 Å². The SMILES string of the molecule is Cc1ccccc1[C@H]1CN(C)C[C@@H]1[N+](=O)[O-]. The van der Waals surface area contributed by atoms with Gasteiger partial charge in [-0.3, -0.25) is 15.0 Å². The molecule has 4 nitrogen and oxygen atoms in total. The van der Waals surface area contributed by atoms with Gasteiger partial charge in [-0.25, -0.2) is 0 Å². The third-order valence-electron chi connectivity index (χ3n) is 3.33. The van der Waals surface area contributed by atoms with E-state index in [-0.39, 0.29) is 10.8 Å². The molecule has 0 aliphatic carbocycles. The zero-order valence-corrected chi connectivity index (χ0v) is 9.59. The van der Waals surface area contributed by atoms with Crippen molar-refractivity contribution in [1.82, 2.24) is 4.90 Å². The van der Waals surface area contributed by atoms with Crippen LogP contribution in [0.1, 0.15) is 17.0 Å². The summed E-state index contributed by atoms with van der Waals surface area (Å²) in [4.78, 5) is 12.9. The van der Waals surface area contributed by atoms with Crippen LogP contribution in [0.3, 0.4) is 0 Å². The van der Waals surface area contributed by atoms with E-state index in [9.17, 15) is 10.1 Å². The highest BCUT2D eigenvalue weighted by Crippen LogP contribution is 2.30. The Balaban J connectivity index is 2.33. The Morgan fingerprint density at radius 1 is 1.38 bits per heavy atom. The van der Waals surface area contributed by atoms with Crippen molar-refractivity contribution in [3.63, 3.8) is 0 Å². The van der Waals surface area contributed by atoms with Gasteiger partial charge in [0, 0.05) is 11.5 Å². The summed E-state index contributed by atoms with van der Waals surface area (Å²) in [5, 5.41) is 11.0. The molecule has 0 spiro atoms. The molecular formula is C12H16N2O2. The lowest BCUT2D eigenvalue weighted by atomic mass is 9.91. The summed E-state index contributed by atoms with van der Waals surface area (Å²) in [7, 11) is 1.94. The molecule has 0 radical (unpaired) electrons. The summed E-state index contributed by atoms with van der Waals surface area (Å²) < 4.78 is 0. The Bertz CT molecular complexity index is 406. The van der Waals surface area contributed by atoms with Gasteiger partial charge >= 0.3 is 0 Å². The quantitative estimate of drug-likeness (QED) is 0.562. The lowest BCUT2D eigenvalue weighted by Crippen LogP contribution is -2.27. The highest BCUT2D eigenvalue weighted by atomic mass is 16.6. The first-order valence-corrected chi connectivity index (χ1v) is 5.47. The molecule has 1 aliphatic rings. The maximum atomic E-state index is 11.0. The molecule has 0 N–H and O–H groups in total. The average molecular weight is 220 g/mol. The molecule has 2 atom stereocenters. The topological polar surface area (TPSA) is 46.4 Å². The number of hydrogen-bond donors (Lipinski definition) is 0. The van der Waals surface area contributed by atoms with Crippen molar-refractivity contribution in [1.29, 1.82) is 0 Å². The Labute approximate surface area is 95.0 Å². The van der Waals surface area contributed by atoms with E-state index in [0.29, 0.717) is 6.54 Å². The molecule has 1 heterocycles. The second-order valence-corrected chi connectivity index (χ2v) is 4.54. The number of likely N-dealkylation sites (N-methyl/N-ethyl adjacent to an activating group) is 1. The number of benzene rings is 1. The van der Waals surface area contributed by atoms with Crippen molar-refractivity contribution in [2.45, 2.75) is 18.9 Å². The van der Waals surface area contributed by atoms with E-state index in [2.05, 4.69) is 0 Å². The third-order valence-corrected chi connectivity index (χ3v) is 3.33. The summed E-state index contributed by atoms with van der Waals surface area (Å²) in [5.74, 6) is 0.0289. The van der Waals surface area contributed by atoms with Crippen LogP contribution in [0.15, 0.2) is 24.3 Å². The predicted octanol–water partition coefficient (Wildman–Crippen LogP) is 1.67. The minimum atomic E-state index is -0.467. The lowest BCUT2D eigenvalue weighted by molar-refractivity contribution is -0.521. The molecule has 4 heteroatoms. The summed E-state index contributed by atoms with van der Waals surface area (Å²) in [5.41, 5.74) is 2.27. The summed E-state index contributed by atoms with van der Waals surface area (Å²) in [6.07, 6.45) is 0. The predicted molar refractivity (Wildman–Crippen MR) is 62.2 cm³/mol. The van der Waals surface area contributed by atoms with E-state index in [1.807, 2.05) is 43.1 Å². The van der Waals surface area contributed by atoms with E-state index in [0.717, 1.165) is 17.7 Å². The molecule has 0 aromatic heterocycles. The zero-order chi connectivity index (χ0) is 11.7. The van der Waals surface area contributed by atoms with Gasteiger partial charge < -0.3 is 0 Å². The fourth-order valence-corrected chi connectivity index (χ4v) is 2.50. The van der Waals surface area contributed by atoms with Crippen molar-refractivity contribution in [2.75, 3.05) is 20.1 Å². The van der Waals surface area contributed by atoms with Crippen LogP contribution in [0.2, 0.25) is 0 Å². The Morgan fingerprint density at radius 3 is 2.69 bits per heavy atom. The zero-order valence-electron chi connectivity index (χ0n) is 9.59.